The largest absolute Gasteiger partial charge is 0.322 e. The summed E-state index contributed by atoms with van der Waals surface area (Å²) < 4.78 is 0. The molecule has 0 fully saturated rings. The molecule has 2 aromatic rings. The highest BCUT2D eigenvalue weighted by Crippen LogP contribution is 2.21. The van der Waals surface area contributed by atoms with Gasteiger partial charge in [-0.15, -0.1) is 0 Å². The lowest BCUT2D eigenvalue weighted by molar-refractivity contribution is -0.385. The number of nitrogens with one attached hydrogen (secondary N) is 1. The number of rotatable bonds is 3. The van der Waals surface area contributed by atoms with Crippen LogP contribution in [-0.2, 0) is 0 Å². The fraction of sp³-hybridized carbons (Fsp3) is 0.133. The SMILES string of the molecule is Cc1ccc(NC(=O)c2cc(C)ccc2[N+](=O)[O-])cc1. The lowest BCUT2D eigenvalue weighted by atomic mass is 10.1. The smallest absolute Gasteiger partial charge is 0.282 e. The van der Waals surface area contributed by atoms with Crippen LogP contribution in [0.2, 0.25) is 0 Å². The molecule has 0 heterocycles. The summed E-state index contributed by atoms with van der Waals surface area (Å²) in [6, 6.07) is 11.7. The zero-order valence-corrected chi connectivity index (χ0v) is 11.2. The molecule has 1 amide bonds. The summed E-state index contributed by atoms with van der Waals surface area (Å²) in [5, 5.41) is 13.6. The van der Waals surface area contributed by atoms with Crippen molar-refractivity contribution in [1.29, 1.82) is 0 Å². The van der Waals surface area contributed by atoms with Crippen LogP contribution in [0.1, 0.15) is 21.5 Å². The molecule has 0 radical (unpaired) electrons. The van der Waals surface area contributed by atoms with Gasteiger partial charge in [0.25, 0.3) is 11.6 Å². The number of hydrogen-bond acceptors (Lipinski definition) is 3. The standard InChI is InChI=1S/C15H14N2O3/c1-10-3-6-12(7-4-10)16-15(18)13-9-11(2)5-8-14(13)17(19)20/h3-9H,1-2H3,(H,16,18). The van der Waals surface area contributed by atoms with Gasteiger partial charge >= 0.3 is 0 Å². The van der Waals surface area contributed by atoms with Gasteiger partial charge in [-0.1, -0.05) is 23.8 Å². The van der Waals surface area contributed by atoms with E-state index in [1.54, 1.807) is 25.1 Å². The maximum absolute atomic E-state index is 12.2. The highest BCUT2D eigenvalue weighted by Gasteiger charge is 2.20. The zero-order valence-electron chi connectivity index (χ0n) is 11.2. The van der Waals surface area contributed by atoms with E-state index in [0.29, 0.717) is 5.69 Å². The monoisotopic (exact) mass is 270 g/mol. The molecule has 20 heavy (non-hydrogen) atoms. The lowest BCUT2D eigenvalue weighted by Crippen LogP contribution is -2.14. The molecule has 5 nitrogen and oxygen atoms in total. The molecular weight excluding hydrogens is 256 g/mol. The second-order valence-corrected chi connectivity index (χ2v) is 4.60. The van der Waals surface area contributed by atoms with Gasteiger partial charge in [0.2, 0.25) is 0 Å². The normalized spacial score (nSPS) is 10.1. The van der Waals surface area contributed by atoms with Crippen LogP contribution < -0.4 is 5.32 Å². The molecule has 0 atom stereocenters. The second kappa shape index (κ2) is 5.52. The van der Waals surface area contributed by atoms with E-state index >= 15 is 0 Å². The Bertz CT molecular complexity index is 663. The Morgan fingerprint density at radius 1 is 1.05 bits per heavy atom. The first-order chi connectivity index (χ1) is 9.47. The molecule has 5 heteroatoms. The molecule has 2 rings (SSSR count). The van der Waals surface area contributed by atoms with E-state index in [0.717, 1.165) is 11.1 Å². The molecule has 1 N–H and O–H groups in total. The van der Waals surface area contributed by atoms with Gasteiger partial charge in [-0.05, 0) is 37.6 Å². The van der Waals surface area contributed by atoms with Crippen LogP contribution in [-0.4, -0.2) is 10.8 Å². The van der Waals surface area contributed by atoms with Gasteiger partial charge in [-0.3, -0.25) is 14.9 Å². The fourth-order valence-electron chi connectivity index (χ4n) is 1.83. The Morgan fingerprint density at radius 2 is 1.65 bits per heavy atom. The Morgan fingerprint density at radius 3 is 2.25 bits per heavy atom. The number of nitrogens with zero attached hydrogens (tertiary/aromatic N) is 1. The van der Waals surface area contributed by atoms with Gasteiger partial charge in [-0.25, -0.2) is 0 Å². The number of carbonyl (C=O) groups excluding carboxylic acids is 1. The maximum Gasteiger partial charge on any atom is 0.282 e. The summed E-state index contributed by atoms with van der Waals surface area (Å²) in [7, 11) is 0. The van der Waals surface area contributed by atoms with Crippen molar-refractivity contribution >= 4 is 17.3 Å². The molecule has 0 aliphatic heterocycles. The molecule has 2 aromatic carbocycles. The van der Waals surface area contributed by atoms with Crippen molar-refractivity contribution in [3.8, 4) is 0 Å². The summed E-state index contributed by atoms with van der Waals surface area (Å²) in [6.07, 6.45) is 0. The van der Waals surface area contributed by atoms with E-state index in [1.807, 2.05) is 19.1 Å². The molecule has 0 saturated heterocycles. The van der Waals surface area contributed by atoms with Gasteiger partial charge in [-0.2, -0.15) is 0 Å². The first-order valence-corrected chi connectivity index (χ1v) is 6.10. The number of aryl methyl sites for hydroxylation is 2. The highest BCUT2D eigenvalue weighted by molar-refractivity contribution is 6.07. The van der Waals surface area contributed by atoms with Crippen LogP contribution in [0.3, 0.4) is 0 Å². The summed E-state index contributed by atoms with van der Waals surface area (Å²) in [4.78, 5) is 22.6. The minimum Gasteiger partial charge on any atom is -0.322 e. The molecule has 0 aliphatic carbocycles. The van der Waals surface area contributed by atoms with Gasteiger partial charge in [0.1, 0.15) is 5.56 Å². The van der Waals surface area contributed by atoms with E-state index in [-0.39, 0.29) is 11.3 Å². The number of nitro benzene ring substituents is 1. The van der Waals surface area contributed by atoms with Gasteiger partial charge in [0.05, 0.1) is 4.92 Å². The van der Waals surface area contributed by atoms with E-state index in [9.17, 15) is 14.9 Å². The molecule has 102 valence electrons. The third-order valence-electron chi connectivity index (χ3n) is 2.90. The van der Waals surface area contributed by atoms with Crippen LogP contribution in [0.4, 0.5) is 11.4 Å². The van der Waals surface area contributed by atoms with E-state index < -0.39 is 10.8 Å². The fourth-order valence-corrected chi connectivity index (χ4v) is 1.83. The lowest BCUT2D eigenvalue weighted by Gasteiger charge is -2.07. The summed E-state index contributed by atoms with van der Waals surface area (Å²) in [5.41, 5.74) is 2.35. The van der Waals surface area contributed by atoms with Crippen molar-refractivity contribution in [3.05, 3.63) is 69.3 Å². The van der Waals surface area contributed by atoms with Crippen molar-refractivity contribution in [1.82, 2.24) is 0 Å². The van der Waals surface area contributed by atoms with Crippen LogP contribution in [0, 0.1) is 24.0 Å². The molecule has 0 spiro atoms. The third kappa shape index (κ3) is 3.00. The summed E-state index contributed by atoms with van der Waals surface area (Å²) in [6.45, 7) is 3.73. The molecule has 0 bridgehead atoms. The predicted molar refractivity (Wildman–Crippen MR) is 77.0 cm³/mol. The average Bonchev–Trinajstić information content (AvgIpc) is 2.41. The Hall–Kier alpha value is -2.69. The minimum atomic E-state index is -0.552. The topological polar surface area (TPSA) is 72.2 Å². The van der Waals surface area contributed by atoms with E-state index in [4.69, 9.17) is 0 Å². The van der Waals surface area contributed by atoms with Gasteiger partial charge in [0.15, 0.2) is 0 Å². The van der Waals surface area contributed by atoms with Gasteiger partial charge in [0, 0.05) is 11.8 Å². The van der Waals surface area contributed by atoms with Crippen molar-refractivity contribution in [2.24, 2.45) is 0 Å². The molecular formula is C15H14N2O3. The minimum absolute atomic E-state index is 0.0653. The second-order valence-electron chi connectivity index (χ2n) is 4.60. The van der Waals surface area contributed by atoms with Crippen LogP contribution in [0.15, 0.2) is 42.5 Å². The molecule has 0 unspecified atom stereocenters. The Labute approximate surface area is 116 Å². The number of benzene rings is 2. The van der Waals surface area contributed by atoms with E-state index in [1.165, 1.54) is 12.1 Å². The quantitative estimate of drug-likeness (QED) is 0.685. The number of amides is 1. The maximum atomic E-state index is 12.2. The Balaban J connectivity index is 2.31. The number of hydrogen-bond donors (Lipinski definition) is 1. The average molecular weight is 270 g/mol. The predicted octanol–water partition coefficient (Wildman–Crippen LogP) is 3.46. The van der Waals surface area contributed by atoms with E-state index in [2.05, 4.69) is 5.32 Å². The number of carbonyl (C=O) groups is 1. The summed E-state index contributed by atoms with van der Waals surface area (Å²) >= 11 is 0. The van der Waals surface area contributed by atoms with Crippen LogP contribution >= 0.6 is 0 Å². The summed E-state index contributed by atoms with van der Waals surface area (Å²) in [5.74, 6) is -0.482. The number of anilines is 1. The molecule has 0 saturated carbocycles. The first-order valence-electron chi connectivity index (χ1n) is 6.10. The molecule has 0 aliphatic rings. The van der Waals surface area contributed by atoms with Crippen LogP contribution in [0.5, 0.6) is 0 Å². The molecule has 0 aromatic heterocycles. The first kappa shape index (κ1) is 13.7. The zero-order chi connectivity index (χ0) is 14.7. The van der Waals surface area contributed by atoms with Crippen molar-refractivity contribution in [2.75, 3.05) is 5.32 Å². The van der Waals surface area contributed by atoms with Crippen molar-refractivity contribution in [2.45, 2.75) is 13.8 Å². The number of nitro groups is 1. The third-order valence-corrected chi connectivity index (χ3v) is 2.90. The van der Waals surface area contributed by atoms with Crippen LogP contribution in [0.25, 0.3) is 0 Å². The Kier molecular flexibility index (Phi) is 3.79. The van der Waals surface area contributed by atoms with Crippen molar-refractivity contribution < 1.29 is 9.72 Å². The highest BCUT2D eigenvalue weighted by atomic mass is 16.6. The van der Waals surface area contributed by atoms with Gasteiger partial charge < -0.3 is 5.32 Å². The van der Waals surface area contributed by atoms with Crippen molar-refractivity contribution in [3.63, 3.8) is 0 Å².